The van der Waals surface area contributed by atoms with Crippen molar-refractivity contribution in [3.63, 3.8) is 0 Å². The van der Waals surface area contributed by atoms with Gasteiger partial charge in [0, 0.05) is 34.1 Å². The molecular weight excluding hydrogens is 717 g/mol. The van der Waals surface area contributed by atoms with E-state index in [9.17, 15) is 18.0 Å². The number of hydrogen-bond acceptors (Lipinski definition) is 5. The second kappa shape index (κ2) is 17.0. The topological polar surface area (TPSA) is 96.0 Å². The fourth-order valence-electron chi connectivity index (χ4n) is 6.14. The van der Waals surface area contributed by atoms with Crippen LogP contribution in [0.15, 0.2) is 95.9 Å². The monoisotopic (exact) mass is 755 g/mol. The number of methoxy groups -OCH3 is 1. The van der Waals surface area contributed by atoms with Crippen LogP contribution in [0.2, 0.25) is 15.1 Å². The van der Waals surface area contributed by atoms with E-state index in [0.717, 1.165) is 47.5 Å². The van der Waals surface area contributed by atoms with Crippen LogP contribution in [0.5, 0.6) is 5.75 Å². The molecule has 0 bridgehead atoms. The average Bonchev–Trinajstić information content (AvgIpc) is 3.10. The van der Waals surface area contributed by atoms with Gasteiger partial charge in [0.1, 0.15) is 18.3 Å². The number of amides is 2. The van der Waals surface area contributed by atoms with Gasteiger partial charge < -0.3 is 15.0 Å². The molecule has 0 unspecified atom stereocenters. The van der Waals surface area contributed by atoms with Crippen LogP contribution in [0.1, 0.15) is 48.8 Å². The highest BCUT2D eigenvalue weighted by atomic mass is 35.5. The van der Waals surface area contributed by atoms with Crippen LogP contribution in [0, 0.1) is 6.92 Å². The minimum atomic E-state index is -4.36. The molecule has 4 aromatic carbocycles. The number of halogens is 3. The molecular formula is C38H40Cl3N3O5S. The number of rotatable bonds is 13. The van der Waals surface area contributed by atoms with Crippen molar-refractivity contribution in [2.24, 2.45) is 0 Å². The van der Waals surface area contributed by atoms with Gasteiger partial charge in [-0.1, -0.05) is 108 Å². The minimum absolute atomic E-state index is 0.0268. The van der Waals surface area contributed by atoms with Gasteiger partial charge in [-0.3, -0.25) is 13.9 Å². The predicted octanol–water partition coefficient (Wildman–Crippen LogP) is 8.25. The Morgan fingerprint density at radius 3 is 2.20 bits per heavy atom. The maximum absolute atomic E-state index is 14.9. The normalized spacial score (nSPS) is 14.1. The van der Waals surface area contributed by atoms with Gasteiger partial charge in [0.25, 0.3) is 10.0 Å². The first kappa shape index (κ1) is 37.5. The Hall–Kier alpha value is -3.76. The zero-order valence-electron chi connectivity index (χ0n) is 27.9. The van der Waals surface area contributed by atoms with Gasteiger partial charge >= 0.3 is 0 Å². The molecule has 0 aliphatic heterocycles. The van der Waals surface area contributed by atoms with Gasteiger partial charge in [0.2, 0.25) is 11.8 Å². The van der Waals surface area contributed by atoms with E-state index in [1.54, 1.807) is 42.5 Å². The molecule has 264 valence electrons. The van der Waals surface area contributed by atoms with Crippen molar-refractivity contribution < 1.29 is 22.7 Å². The Morgan fingerprint density at radius 2 is 1.54 bits per heavy atom. The number of aryl methyl sites for hydroxylation is 1. The van der Waals surface area contributed by atoms with Crippen molar-refractivity contribution in [2.45, 2.75) is 69.0 Å². The van der Waals surface area contributed by atoms with E-state index < -0.39 is 28.5 Å². The first-order valence-electron chi connectivity index (χ1n) is 16.5. The lowest BCUT2D eigenvalue weighted by Gasteiger charge is -2.35. The highest BCUT2D eigenvalue weighted by Gasteiger charge is 2.36. The number of hydrogen-bond donors (Lipinski definition) is 1. The van der Waals surface area contributed by atoms with Crippen LogP contribution in [-0.2, 0) is 32.6 Å². The minimum Gasteiger partial charge on any atom is -0.495 e. The third kappa shape index (κ3) is 9.31. The van der Waals surface area contributed by atoms with Crippen molar-refractivity contribution in [1.29, 1.82) is 0 Å². The summed E-state index contributed by atoms with van der Waals surface area (Å²) in [5.41, 5.74) is 2.31. The molecule has 1 aliphatic rings. The van der Waals surface area contributed by atoms with Crippen LogP contribution in [0.25, 0.3) is 0 Å². The molecule has 5 rings (SSSR count). The number of carbonyl (C=O) groups excluding carboxylic acids is 2. The number of ether oxygens (including phenoxy) is 1. The standard InChI is InChI=1S/C38H40Cl3N3O5S/c1-26-13-18-32(19-14-26)50(47,48)44(34-23-30(40)17-20-36(34)49-2)25-37(45)43(24-28-15-16-29(39)22-33(28)41)35(21-27-9-5-3-6-10-27)38(46)42-31-11-7-4-8-12-31/h3,5-6,9-10,13-20,22-23,31,35H,4,7-8,11-12,21,24-25H2,1-2H3,(H,42,46)/t35-/m0/s1. The molecule has 2 amide bonds. The first-order chi connectivity index (χ1) is 24.0. The largest absolute Gasteiger partial charge is 0.495 e. The van der Waals surface area contributed by atoms with Crippen molar-refractivity contribution >= 4 is 62.3 Å². The van der Waals surface area contributed by atoms with E-state index in [1.165, 1.54) is 30.2 Å². The summed E-state index contributed by atoms with van der Waals surface area (Å²) in [4.78, 5) is 30.6. The van der Waals surface area contributed by atoms with Gasteiger partial charge in [-0.15, -0.1) is 0 Å². The maximum Gasteiger partial charge on any atom is 0.264 e. The molecule has 0 aromatic heterocycles. The van der Waals surface area contributed by atoms with Crippen LogP contribution >= 0.6 is 34.8 Å². The van der Waals surface area contributed by atoms with Crippen molar-refractivity contribution in [2.75, 3.05) is 18.0 Å². The predicted molar refractivity (Wildman–Crippen MR) is 200 cm³/mol. The smallest absolute Gasteiger partial charge is 0.264 e. The molecule has 0 spiro atoms. The summed E-state index contributed by atoms with van der Waals surface area (Å²) in [6.07, 6.45) is 4.99. The Kier molecular flexibility index (Phi) is 12.7. The summed E-state index contributed by atoms with van der Waals surface area (Å²) in [6, 6.07) is 24.2. The molecule has 1 saturated carbocycles. The van der Waals surface area contributed by atoms with Gasteiger partial charge in [-0.25, -0.2) is 8.42 Å². The quantitative estimate of drug-likeness (QED) is 0.148. The molecule has 1 fully saturated rings. The Labute approximate surface area is 309 Å². The molecule has 12 heteroatoms. The SMILES string of the molecule is COc1ccc(Cl)cc1N(CC(=O)N(Cc1ccc(Cl)cc1Cl)[C@@H](Cc1ccccc1)C(=O)NC1CCCCC1)S(=O)(=O)c1ccc(C)cc1. The molecule has 0 radical (unpaired) electrons. The van der Waals surface area contributed by atoms with E-state index in [4.69, 9.17) is 39.5 Å². The third-order valence-electron chi connectivity index (χ3n) is 8.88. The summed E-state index contributed by atoms with van der Waals surface area (Å²) < 4.78 is 35.4. The highest BCUT2D eigenvalue weighted by molar-refractivity contribution is 7.92. The summed E-state index contributed by atoms with van der Waals surface area (Å²) in [7, 11) is -2.95. The third-order valence-corrected chi connectivity index (χ3v) is 11.5. The van der Waals surface area contributed by atoms with Crippen molar-refractivity contribution in [3.05, 3.63) is 123 Å². The summed E-state index contributed by atoms with van der Waals surface area (Å²) in [5.74, 6) is -0.762. The lowest BCUT2D eigenvalue weighted by atomic mass is 9.94. The zero-order chi connectivity index (χ0) is 35.8. The molecule has 1 aliphatic carbocycles. The molecule has 8 nitrogen and oxygen atoms in total. The Morgan fingerprint density at radius 1 is 0.880 bits per heavy atom. The van der Waals surface area contributed by atoms with Crippen LogP contribution in [0.3, 0.4) is 0 Å². The molecule has 4 aromatic rings. The van der Waals surface area contributed by atoms with Gasteiger partial charge in [-0.05, 0) is 73.4 Å². The lowest BCUT2D eigenvalue weighted by molar-refractivity contribution is -0.140. The average molecular weight is 757 g/mol. The molecule has 0 heterocycles. The highest BCUT2D eigenvalue weighted by Crippen LogP contribution is 2.35. The second-order valence-corrected chi connectivity index (χ2v) is 15.6. The van der Waals surface area contributed by atoms with E-state index in [2.05, 4.69) is 5.32 Å². The Balaban J connectivity index is 1.62. The van der Waals surface area contributed by atoms with Gasteiger partial charge in [0.15, 0.2) is 0 Å². The summed E-state index contributed by atoms with van der Waals surface area (Å²) in [5, 5.41) is 4.17. The van der Waals surface area contributed by atoms with Crippen molar-refractivity contribution in [3.8, 4) is 5.75 Å². The number of sulfonamides is 1. The van der Waals surface area contributed by atoms with Gasteiger partial charge in [0.05, 0.1) is 17.7 Å². The second-order valence-electron chi connectivity index (χ2n) is 12.4. The molecule has 1 atom stereocenters. The number of carbonyl (C=O) groups is 2. The first-order valence-corrected chi connectivity index (χ1v) is 19.0. The molecule has 0 saturated heterocycles. The van der Waals surface area contributed by atoms with E-state index >= 15 is 0 Å². The lowest BCUT2D eigenvalue weighted by Crippen LogP contribution is -2.55. The fourth-order valence-corrected chi connectivity index (χ4v) is 8.19. The zero-order valence-corrected chi connectivity index (χ0v) is 31.0. The summed E-state index contributed by atoms with van der Waals surface area (Å²) >= 11 is 19.3. The van der Waals surface area contributed by atoms with Gasteiger partial charge in [-0.2, -0.15) is 0 Å². The van der Waals surface area contributed by atoms with Crippen LogP contribution in [0.4, 0.5) is 5.69 Å². The number of nitrogens with zero attached hydrogens (tertiary/aromatic N) is 2. The molecule has 50 heavy (non-hydrogen) atoms. The Bertz CT molecular complexity index is 1900. The number of anilines is 1. The summed E-state index contributed by atoms with van der Waals surface area (Å²) in [6.45, 7) is 1.10. The maximum atomic E-state index is 14.9. The van der Waals surface area contributed by atoms with Crippen LogP contribution < -0.4 is 14.4 Å². The molecule has 1 N–H and O–H groups in total. The van der Waals surface area contributed by atoms with E-state index in [-0.39, 0.29) is 46.3 Å². The number of nitrogens with one attached hydrogen (secondary N) is 1. The fraction of sp³-hybridized carbons (Fsp3) is 0.316. The van der Waals surface area contributed by atoms with Crippen LogP contribution in [-0.4, -0.2) is 50.9 Å². The number of benzene rings is 4. The van der Waals surface area contributed by atoms with Crippen molar-refractivity contribution in [1.82, 2.24) is 10.2 Å². The van der Waals surface area contributed by atoms with E-state index in [0.29, 0.717) is 15.6 Å². The van der Waals surface area contributed by atoms with E-state index in [1.807, 2.05) is 37.3 Å².